The number of fused-ring (bicyclic) bond motifs is 3. The first-order chi connectivity index (χ1) is 12.2. The molecule has 3 saturated heterocycles. The van der Waals surface area contributed by atoms with Crippen molar-refractivity contribution in [1.82, 2.24) is 10.2 Å². The van der Waals surface area contributed by atoms with Crippen LogP contribution in [0.2, 0.25) is 0 Å². The van der Waals surface area contributed by atoms with Gasteiger partial charge in [0.15, 0.2) is 5.76 Å². The van der Waals surface area contributed by atoms with Crippen LogP contribution in [0, 0.1) is 5.92 Å². The summed E-state index contributed by atoms with van der Waals surface area (Å²) in [6.45, 7) is 2.27. The van der Waals surface area contributed by atoms with Crippen LogP contribution in [0.4, 0.5) is 4.39 Å². The molecule has 5 nitrogen and oxygen atoms in total. The number of carbonyl (C=O) groups is 1. The number of furan rings is 1. The van der Waals surface area contributed by atoms with E-state index < -0.39 is 6.86 Å². The topological polar surface area (TPSA) is 54.7 Å². The molecular formula is C19H21FN2O3. The van der Waals surface area contributed by atoms with Crippen molar-refractivity contribution in [2.75, 3.05) is 26.5 Å². The summed E-state index contributed by atoms with van der Waals surface area (Å²) in [7, 11) is 0. The van der Waals surface area contributed by atoms with E-state index in [0.717, 1.165) is 32.5 Å². The quantitative estimate of drug-likeness (QED) is 0.906. The SMILES string of the molecule is O=C(N[C@H]1CN2CCC1CC2)c1ccc(-c2ccccc2OCF)o1. The molecule has 1 aromatic heterocycles. The molecule has 0 radical (unpaired) electrons. The highest BCUT2D eigenvalue weighted by atomic mass is 19.1. The molecule has 0 aliphatic carbocycles. The van der Waals surface area contributed by atoms with Gasteiger partial charge in [-0.25, -0.2) is 4.39 Å². The number of benzene rings is 1. The predicted octanol–water partition coefficient (Wildman–Crippen LogP) is 3.08. The van der Waals surface area contributed by atoms with Gasteiger partial charge in [-0.15, -0.1) is 0 Å². The number of ether oxygens (including phenoxy) is 1. The summed E-state index contributed by atoms with van der Waals surface area (Å²) in [6, 6.07) is 10.6. The Balaban J connectivity index is 1.48. The number of nitrogens with one attached hydrogen (secondary N) is 1. The highest BCUT2D eigenvalue weighted by molar-refractivity contribution is 5.92. The third-order valence-electron chi connectivity index (χ3n) is 5.17. The molecule has 5 rings (SSSR count). The first kappa shape index (κ1) is 16.1. The zero-order valence-electron chi connectivity index (χ0n) is 13.9. The zero-order chi connectivity index (χ0) is 17.2. The van der Waals surface area contributed by atoms with Crippen molar-refractivity contribution in [1.29, 1.82) is 0 Å². The van der Waals surface area contributed by atoms with Crippen molar-refractivity contribution >= 4 is 5.91 Å². The lowest BCUT2D eigenvalue weighted by atomic mass is 9.84. The minimum absolute atomic E-state index is 0.186. The molecule has 2 bridgehead atoms. The highest BCUT2D eigenvalue weighted by Gasteiger charge is 2.35. The van der Waals surface area contributed by atoms with Crippen LogP contribution in [0.1, 0.15) is 23.4 Å². The average molecular weight is 344 g/mol. The van der Waals surface area contributed by atoms with Crippen molar-refractivity contribution in [2.24, 2.45) is 5.92 Å². The molecule has 0 saturated carbocycles. The number of nitrogens with zero attached hydrogens (tertiary/aromatic N) is 1. The molecule has 1 N–H and O–H groups in total. The van der Waals surface area contributed by atoms with Gasteiger partial charge in [0.25, 0.3) is 5.91 Å². The van der Waals surface area contributed by atoms with E-state index >= 15 is 0 Å². The standard InChI is InChI=1S/C19H21FN2O3/c20-12-24-16-4-2-1-3-14(16)17-5-6-18(25-17)19(23)21-15-11-22-9-7-13(15)8-10-22/h1-6,13,15H,7-12H2,(H,21,23)/t15-/m0/s1. The highest BCUT2D eigenvalue weighted by Crippen LogP contribution is 2.32. The van der Waals surface area contributed by atoms with Crippen LogP contribution in [0.5, 0.6) is 5.75 Å². The van der Waals surface area contributed by atoms with E-state index in [2.05, 4.69) is 10.2 Å². The lowest BCUT2D eigenvalue weighted by Gasteiger charge is -2.44. The first-order valence-corrected chi connectivity index (χ1v) is 8.66. The molecule has 0 spiro atoms. The molecule has 4 heterocycles. The minimum Gasteiger partial charge on any atom is -0.462 e. The monoisotopic (exact) mass is 344 g/mol. The lowest BCUT2D eigenvalue weighted by molar-refractivity contribution is 0.0606. The zero-order valence-corrected chi connectivity index (χ0v) is 13.9. The molecular weight excluding hydrogens is 323 g/mol. The second kappa shape index (κ2) is 6.88. The largest absolute Gasteiger partial charge is 0.462 e. The molecule has 25 heavy (non-hydrogen) atoms. The number of amides is 1. The molecule has 3 fully saturated rings. The molecule has 1 aromatic carbocycles. The van der Waals surface area contributed by atoms with E-state index in [4.69, 9.17) is 9.15 Å². The Morgan fingerprint density at radius 2 is 2.04 bits per heavy atom. The van der Waals surface area contributed by atoms with Crippen LogP contribution in [0.15, 0.2) is 40.8 Å². The number of carbonyl (C=O) groups excluding carboxylic acids is 1. The van der Waals surface area contributed by atoms with Crippen LogP contribution in [0.25, 0.3) is 11.3 Å². The number of hydrogen-bond donors (Lipinski definition) is 1. The summed E-state index contributed by atoms with van der Waals surface area (Å²) >= 11 is 0. The summed E-state index contributed by atoms with van der Waals surface area (Å²) < 4.78 is 23.2. The van der Waals surface area contributed by atoms with Crippen molar-refractivity contribution in [2.45, 2.75) is 18.9 Å². The van der Waals surface area contributed by atoms with Gasteiger partial charge in [0.2, 0.25) is 6.86 Å². The molecule has 1 atom stereocenters. The fourth-order valence-electron chi connectivity index (χ4n) is 3.83. The van der Waals surface area contributed by atoms with Gasteiger partial charge in [-0.2, -0.15) is 0 Å². The van der Waals surface area contributed by atoms with E-state index in [1.54, 1.807) is 30.3 Å². The van der Waals surface area contributed by atoms with Crippen molar-refractivity contribution in [3.63, 3.8) is 0 Å². The van der Waals surface area contributed by atoms with Crippen LogP contribution < -0.4 is 10.1 Å². The second-order valence-electron chi connectivity index (χ2n) is 6.63. The van der Waals surface area contributed by atoms with Crippen molar-refractivity contribution in [3.05, 3.63) is 42.2 Å². The Morgan fingerprint density at radius 3 is 2.76 bits per heavy atom. The van der Waals surface area contributed by atoms with Crippen LogP contribution >= 0.6 is 0 Å². The Kier molecular flexibility index (Phi) is 4.44. The van der Waals surface area contributed by atoms with Gasteiger partial charge in [0, 0.05) is 12.6 Å². The molecule has 0 unspecified atom stereocenters. The van der Waals surface area contributed by atoms with E-state index in [1.807, 2.05) is 6.07 Å². The number of hydrogen-bond acceptors (Lipinski definition) is 4. The van der Waals surface area contributed by atoms with Crippen molar-refractivity contribution < 1.29 is 18.3 Å². The lowest BCUT2D eigenvalue weighted by Crippen LogP contribution is -2.57. The summed E-state index contributed by atoms with van der Waals surface area (Å²) in [5, 5.41) is 3.11. The number of halogens is 1. The van der Waals surface area contributed by atoms with Crippen LogP contribution in [-0.2, 0) is 0 Å². The van der Waals surface area contributed by atoms with Gasteiger partial charge < -0.3 is 19.4 Å². The predicted molar refractivity (Wildman–Crippen MR) is 91.2 cm³/mol. The van der Waals surface area contributed by atoms with Gasteiger partial charge in [0.1, 0.15) is 11.5 Å². The maximum Gasteiger partial charge on any atom is 0.287 e. The van der Waals surface area contributed by atoms with Gasteiger partial charge in [-0.3, -0.25) is 4.79 Å². The fraction of sp³-hybridized carbons (Fsp3) is 0.421. The summed E-state index contributed by atoms with van der Waals surface area (Å²) in [4.78, 5) is 14.9. The van der Waals surface area contributed by atoms with E-state index in [-0.39, 0.29) is 17.7 Å². The van der Waals surface area contributed by atoms with Gasteiger partial charge >= 0.3 is 0 Å². The summed E-state index contributed by atoms with van der Waals surface area (Å²) in [5.74, 6) is 1.50. The smallest absolute Gasteiger partial charge is 0.287 e. The maximum absolute atomic E-state index is 12.5. The normalized spacial score (nSPS) is 24.9. The Hall–Kier alpha value is -2.34. The van der Waals surface area contributed by atoms with E-state index in [0.29, 0.717) is 23.0 Å². The molecule has 2 aromatic rings. The van der Waals surface area contributed by atoms with E-state index in [9.17, 15) is 9.18 Å². The first-order valence-electron chi connectivity index (χ1n) is 8.66. The van der Waals surface area contributed by atoms with E-state index in [1.165, 1.54) is 0 Å². The van der Waals surface area contributed by atoms with Gasteiger partial charge in [0.05, 0.1) is 5.56 Å². The minimum atomic E-state index is -0.912. The summed E-state index contributed by atoms with van der Waals surface area (Å²) in [6.07, 6.45) is 2.28. The molecule has 1 amide bonds. The number of rotatable bonds is 5. The molecule has 6 heteroatoms. The maximum atomic E-state index is 12.5. The Labute approximate surface area is 145 Å². The Bertz CT molecular complexity index is 753. The van der Waals surface area contributed by atoms with Gasteiger partial charge in [-0.1, -0.05) is 12.1 Å². The third-order valence-corrected chi connectivity index (χ3v) is 5.17. The number of alkyl halides is 1. The van der Waals surface area contributed by atoms with Crippen LogP contribution in [-0.4, -0.2) is 43.3 Å². The number of para-hydroxylation sites is 1. The fourth-order valence-corrected chi connectivity index (χ4v) is 3.83. The number of piperidine rings is 3. The van der Waals surface area contributed by atoms with Crippen LogP contribution in [0.3, 0.4) is 0 Å². The van der Waals surface area contributed by atoms with Gasteiger partial charge in [-0.05, 0) is 56.1 Å². The average Bonchev–Trinajstić information content (AvgIpc) is 3.14. The molecule has 3 aliphatic rings. The molecule has 132 valence electrons. The summed E-state index contributed by atoms with van der Waals surface area (Å²) in [5.41, 5.74) is 0.627. The Morgan fingerprint density at radius 1 is 1.24 bits per heavy atom. The third kappa shape index (κ3) is 3.26. The second-order valence-corrected chi connectivity index (χ2v) is 6.63. The molecule has 3 aliphatic heterocycles. The van der Waals surface area contributed by atoms with Crippen molar-refractivity contribution in [3.8, 4) is 17.1 Å².